The number of anilines is 1. The third-order valence-corrected chi connectivity index (χ3v) is 4.94. The second-order valence-electron chi connectivity index (χ2n) is 6.46. The molecule has 0 aliphatic heterocycles. The Balaban J connectivity index is 1.44. The van der Waals surface area contributed by atoms with E-state index in [9.17, 15) is 4.79 Å². The number of carbonyl (C=O) groups excluding carboxylic acids is 1. The van der Waals surface area contributed by atoms with Gasteiger partial charge in [0, 0.05) is 21.3 Å². The Kier molecular flexibility index (Phi) is 5.43. The number of aromatic nitrogens is 1. The number of hydrogen-bond donors (Lipinski definition) is 1. The lowest BCUT2D eigenvalue weighted by molar-refractivity contribution is -0.118. The Hall–Kier alpha value is -3.02. The standard InChI is InChI=1S/C22H16Cl2N2O3/c1-13-10-17(7-8-18(13)24)28-12-21(27)25-16-6-9-20-19(11-16)26-22(29-20)14-2-4-15(23)5-3-14/h2-11H,12H2,1H3,(H,25,27). The Morgan fingerprint density at radius 2 is 1.86 bits per heavy atom. The zero-order valence-corrected chi connectivity index (χ0v) is 16.9. The Morgan fingerprint density at radius 3 is 2.62 bits per heavy atom. The maximum Gasteiger partial charge on any atom is 0.262 e. The van der Waals surface area contributed by atoms with E-state index in [-0.39, 0.29) is 12.5 Å². The van der Waals surface area contributed by atoms with Gasteiger partial charge < -0.3 is 14.5 Å². The minimum atomic E-state index is -0.279. The zero-order valence-electron chi connectivity index (χ0n) is 15.4. The zero-order chi connectivity index (χ0) is 20.4. The Morgan fingerprint density at radius 1 is 1.07 bits per heavy atom. The topological polar surface area (TPSA) is 64.4 Å². The second kappa shape index (κ2) is 8.15. The van der Waals surface area contributed by atoms with Gasteiger partial charge in [-0.15, -0.1) is 0 Å². The molecule has 0 saturated carbocycles. The summed E-state index contributed by atoms with van der Waals surface area (Å²) in [6, 6.07) is 17.8. The molecule has 4 rings (SSSR count). The van der Waals surface area contributed by atoms with Crippen molar-refractivity contribution in [3.8, 4) is 17.2 Å². The van der Waals surface area contributed by atoms with Gasteiger partial charge in [-0.2, -0.15) is 0 Å². The molecule has 0 aliphatic carbocycles. The lowest BCUT2D eigenvalue weighted by atomic mass is 10.2. The smallest absolute Gasteiger partial charge is 0.262 e. The molecule has 29 heavy (non-hydrogen) atoms. The van der Waals surface area contributed by atoms with Gasteiger partial charge in [0.1, 0.15) is 11.3 Å². The monoisotopic (exact) mass is 426 g/mol. The molecule has 7 heteroatoms. The summed E-state index contributed by atoms with van der Waals surface area (Å²) in [5, 5.41) is 4.10. The van der Waals surface area contributed by atoms with Crippen molar-refractivity contribution in [3.05, 3.63) is 76.3 Å². The summed E-state index contributed by atoms with van der Waals surface area (Å²) in [5.41, 5.74) is 3.58. The fourth-order valence-electron chi connectivity index (χ4n) is 2.77. The predicted molar refractivity (Wildman–Crippen MR) is 115 cm³/mol. The molecule has 5 nitrogen and oxygen atoms in total. The van der Waals surface area contributed by atoms with E-state index in [1.54, 1.807) is 48.5 Å². The van der Waals surface area contributed by atoms with Crippen LogP contribution in [0.4, 0.5) is 5.69 Å². The molecule has 3 aromatic carbocycles. The van der Waals surface area contributed by atoms with E-state index < -0.39 is 0 Å². The van der Waals surface area contributed by atoms with E-state index in [2.05, 4.69) is 10.3 Å². The normalized spacial score (nSPS) is 10.9. The average Bonchev–Trinajstić information content (AvgIpc) is 3.13. The molecule has 0 atom stereocenters. The summed E-state index contributed by atoms with van der Waals surface area (Å²) < 4.78 is 11.3. The molecule has 0 aliphatic rings. The predicted octanol–water partition coefficient (Wildman–Crippen LogP) is 6.13. The molecule has 0 radical (unpaired) electrons. The highest BCUT2D eigenvalue weighted by Gasteiger charge is 2.11. The van der Waals surface area contributed by atoms with Crippen molar-refractivity contribution in [1.29, 1.82) is 0 Å². The number of nitrogens with zero attached hydrogens (tertiary/aromatic N) is 1. The van der Waals surface area contributed by atoms with Gasteiger partial charge in [-0.1, -0.05) is 23.2 Å². The molecule has 0 bridgehead atoms. The first-order valence-corrected chi connectivity index (χ1v) is 9.59. The first kappa shape index (κ1) is 19.3. The molecule has 0 spiro atoms. The third kappa shape index (κ3) is 4.53. The van der Waals surface area contributed by atoms with Gasteiger partial charge in [-0.3, -0.25) is 4.79 Å². The summed E-state index contributed by atoms with van der Waals surface area (Å²) in [7, 11) is 0. The molecule has 146 valence electrons. The highest BCUT2D eigenvalue weighted by atomic mass is 35.5. The summed E-state index contributed by atoms with van der Waals surface area (Å²) in [6.45, 7) is 1.76. The van der Waals surface area contributed by atoms with Crippen molar-refractivity contribution in [1.82, 2.24) is 4.98 Å². The van der Waals surface area contributed by atoms with E-state index in [0.29, 0.717) is 38.5 Å². The molecule has 0 fully saturated rings. The van der Waals surface area contributed by atoms with Gasteiger partial charge in [0.05, 0.1) is 0 Å². The number of fused-ring (bicyclic) bond motifs is 1. The van der Waals surface area contributed by atoms with Crippen LogP contribution in [0.2, 0.25) is 10.0 Å². The first-order chi connectivity index (χ1) is 14.0. The van der Waals surface area contributed by atoms with Gasteiger partial charge in [-0.05, 0) is 73.2 Å². The van der Waals surface area contributed by atoms with Gasteiger partial charge in [0.15, 0.2) is 12.2 Å². The van der Waals surface area contributed by atoms with Crippen LogP contribution in [0.5, 0.6) is 5.75 Å². The first-order valence-electron chi connectivity index (χ1n) is 8.83. The fourth-order valence-corrected chi connectivity index (χ4v) is 3.02. The number of hydrogen-bond acceptors (Lipinski definition) is 4. The van der Waals surface area contributed by atoms with Crippen molar-refractivity contribution in [2.75, 3.05) is 11.9 Å². The number of carbonyl (C=O) groups is 1. The molecule has 1 N–H and O–H groups in total. The highest BCUT2D eigenvalue weighted by molar-refractivity contribution is 6.31. The van der Waals surface area contributed by atoms with Crippen molar-refractivity contribution >= 4 is 45.9 Å². The second-order valence-corrected chi connectivity index (χ2v) is 7.30. The van der Waals surface area contributed by atoms with Gasteiger partial charge in [0.2, 0.25) is 5.89 Å². The van der Waals surface area contributed by atoms with Gasteiger partial charge in [-0.25, -0.2) is 4.98 Å². The molecule has 0 unspecified atom stereocenters. The van der Waals surface area contributed by atoms with Crippen LogP contribution in [0, 0.1) is 6.92 Å². The van der Waals surface area contributed by atoms with Crippen LogP contribution in [-0.2, 0) is 4.79 Å². The SMILES string of the molecule is Cc1cc(OCC(=O)Nc2ccc3oc(-c4ccc(Cl)cc4)nc3c2)ccc1Cl. The number of nitrogens with one attached hydrogen (secondary N) is 1. The minimum Gasteiger partial charge on any atom is -0.484 e. The molecule has 1 amide bonds. The van der Waals surface area contributed by atoms with E-state index in [1.807, 2.05) is 19.1 Å². The van der Waals surface area contributed by atoms with Crippen LogP contribution in [0.15, 0.2) is 65.1 Å². The van der Waals surface area contributed by atoms with Crippen LogP contribution in [-0.4, -0.2) is 17.5 Å². The Bertz CT molecular complexity index is 1190. The number of aryl methyl sites for hydroxylation is 1. The van der Waals surface area contributed by atoms with Crippen LogP contribution >= 0.6 is 23.2 Å². The number of rotatable bonds is 5. The number of oxazole rings is 1. The van der Waals surface area contributed by atoms with Crippen molar-refractivity contribution in [3.63, 3.8) is 0 Å². The number of benzene rings is 3. The summed E-state index contributed by atoms with van der Waals surface area (Å²) in [5.74, 6) is 0.793. The van der Waals surface area contributed by atoms with Crippen molar-refractivity contribution in [2.24, 2.45) is 0 Å². The van der Waals surface area contributed by atoms with E-state index in [4.69, 9.17) is 32.4 Å². The number of ether oxygens (including phenoxy) is 1. The average molecular weight is 427 g/mol. The fraction of sp³-hybridized carbons (Fsp3) is 0.0909. The minimum absolute atomic E-state index is 0.117. The largest absolute Gasteiger partial charge is 0.484 e. The van der Waals surface area contributed by atoms with E-state index in [0.717, 1.165) is 11.1 Å². The number of halogens is 2. The lowest BCUT2D eigenvalue weighted by Crippen LogP contribution is -2.20. The van der Waals surface area contributed by atoms with Gasteiger partial charge >= 0.3 is 0 Å². The number of amides is 1. The van der Waals surface area contributed by atoms with Crippen molar-refractivity contribution in [2.45, 2.75) is 6.92 Å². The van der Waals surface area contributed by atoms with Crippen LogP contribution in [0.3, 0.4) is 0 Å². The summed E-state index contributed by atoms with van der Waals surface area (Å²) in [4.78, 5) is 16.7. The molecular weight excluding hydrogens is 411 g/mol. The van der Waals surface area contributed by atoms with Crippen molar-refractivity contribution < 1.29 is 13.9 Å². The highest BCUT2D eigenvalue weighted by Crippen LogP contribution is 2.27. The third-order valence-electron chi connectivity index (χ3n) is 4.26. The summed E-state index contributed by atoms with van der Waals surface area (Å²) in [6.07, 6.45) is 0. The van der Waals surface area contributed by atoms with Crippen LogP contribution in [0.1, 0.15) is 5.56 Å². The van der Waals surface area contributed by atoms with Crippen LogP contribution < -0.4 is 10.1 Å². The molecule has 0 saturated heterocycles. The van der Waals surface area contributed by atoms with E-state index >= 15 is 0 Å². The quantitative estimate of drug-likeness (QED) is 0.416. The molecule has 1 heterocycles. The Labute approximate surface area is 177 Å². The van der Waals surface area contributed by atoms with Gasteiger partial charge in [0.25, 0.3) is 5.91 Å². The van der Waals surface area contributed by atoms with Crippen LogP contribution in [0.25, 0.3) is 22.6 Å². The maximum absolute atomic E-state index is 12.2. The molecular formula is C22H16Cl2N2O3. The molecule has 1 aromatic heterocycles. The molecule has 4 aromatic rings. The summed E-state index contributed by atoms with van der Waals surface area (Å²) >= 11 is 11.9. The lowest BCUT2D eigenvalue weighted by Gasteiger charge is -2.08. The van der Waals surface area contributed by atoms with E-state index in [1.165, 1.54) is 0 Å². The maximum atomic E-state index is 12.2.